The van der Waals surface area contributed by atoms with Gasteiger partial charge in [-0.25, -0.2) is 0 Å². The van der Waals surface area contributed by atoms with Gasteiger partial charge in [0.25, 0.3) is 0 Å². The van der Waals surface area contributed by atoms with E-state index in [4.69, 9.17) is 11.5 Å². The first-order valence-electron chi connectivity index (χ1n) is 5.93. The molecule has 0 fully saturated rings. The van der Waals surface area contributed by atoms with Crippen molar-refractivity contribution < 1.29 is 9.59 Å². The summed E-state index contributed by atoms with van der Waals surface area (Å²) in [5.74, 6) is -1.35. The normalized spacial score (nSPS) is 13.4. The Morgan fingerprint density at radius 1 is 1.12 bits per heavy atom. The molecule has 0 aromatic carbocycles. The third-order valence-electron chi connectivity index (χ3n) is 3.20. The minimum atomic E-state index is -0.849. The summed E-state index contributed by atoms with van der Waals surface area (Å²) in [6, 6.07) is 0. The van der Waals surface area contributed by atoms with E-state index in [1.165, 1.54) is 0 Å². The van der Waals surface area contributed by atoms with Crippen LogP contribution in [0.25, 0.3) is 0 Å². The number of unbranched alkanes of at least 4 members (excludes halogenated alkanes) is 3. The molecule has 0 heterocycles. The van der Waals surface area contributed by atoms with Gasteiger partial charge >= 0.3 is 0 Å². The smallest absolute Gasteiger partial charge is 0.223 e. The van der Waals surface area contributed by atoms with Crippen molar-refractivity contribution in [2.24, 2.45) is 22.8 Å². The maximum Gasteiger partial charge on any atom is 0.223 e. The first-order chi connectivity index (χ1) is 7.34. The number of rotatable bonds is 8. The van der Waals surface area contributed by atoms with Crippen LogP contribution in [-0.2, 0) is 9.59 Å². The van der Waals surface area contributed by atoms with E-state index in [0.717, 1.165) is 25.7 Å². The summed E-state index contributed by atoms with van der Waals surface area (Å²) in [6.45, 7) is 5.49. The number of carbonyl (C=O) groups excluding carboxylic acids is 2. The maximum atomic E-state index is 11.3. The molecule has 4 nitrogen and oxygen atoms in total. The van der Waals surface area contributed by atoms with Crippen LogP contribution in [0.2, 0.25) is 0 Å². The van der Waals surface area contributed by atoms with Crippen molar-refractivity contribution in [3.63, 3.8) is 0 Å². The molecule has 0 saturated heterocycles. The Labute approximate surface area is 97.8 Å². The van der Waals surface area contributed by atoms with E-state index in [9.17, 15) is 9.59 Å². The zero-order valence-corrected chi connectivity index (χ0v) is 10.6. The molecule has 0 rings (SSSR count). The van der Waals surface area contributed by atoms with Crippen LogP contribution in [0.15, 0.2) is 0 Å². The van der Waals surface area contributed by atoms with Gasteiger partial charge in [-0.3, -0.25) is 9.59 Å². The summed E-state index contributed by atoms with van der Waals surface area (Å²) in [7, 11) is 0. The highest BCUT2D eigenvalue weighted by Gasteiger charge is 2.38. The molecular formula is C12H24N2O2. The number of carbonyl (C=O) groups is 2. The monoisotopic (exact) mass is 228 g/mol. The molecular weight excluding hydrogens is 204 g/mol. The molecule has 0 aliphatic rings. The lowest BCUT2D eigenvalue weighted by atomic mass is 9.75. The van der Waals surface area contributed by atoms with Gasteiger partial charge in [-0.2, -0.15) is 0 Å². The van der Waals surface area contributed by atoms with Crippen molar-refractivity contribution >= 4 is 11.8 Å². The fourth-order valence-electron chi connectivity index (χ4n) is 1.81. The van der Waals surface area contributed by atoms with Crippen molar-refractivity contribution in [2.45, 2.75) is 52.9 Å². The van der Waals surface area contributed by atoms with Crippen molar-refractivity contribution in [3.05, 3.63) is 0 Å². The zero-order valence-electron chi connectivity index (χ0n) is 10.6. The van der Waals surface area contributed by atoms with Gasteiger partial charge in [0.2, 0.25) is 11.8 Å². The van der Waals surface area contributed by atoms with Crippen molar-refractivity contribution in [2.75, 3.05) is 0 Å². The predicted molar refractivity (Wildman–Crippen MR) is 64.4 cm³/mol. The third kappa shape index (κ3) is 4.21. The zero-order chi connectivity index (χ0) is 12.8. The first-order valence-corrected chi connectivity index (χ1v) is 5.93. The Morgan fingerprint density at radius 3 is 2.06 bits per heavy atom. The third-order valence-corrected chi connectivity index (χ3v) is 3.20. The Morgan fingerprint density at radius 2 is 1.69 bits per heavy atom. The minimum Gasteiger partial charge on any atom is -0.369 e. The first kappa shape index (κ1) is 14.9. The molecule has 0 spiro atoms. The molecule has 2 amide bonds. The highest BCUT2D eigenvalue weighted by Crippen LogP contribution is 2.30. The number of hydrogen-bond acceptors (Lipinski definition) is 2. The maximum absolute atomic E-state index is 11.3. The van der Waals surface area contributed by atoms with E-state index in [-0.39, 0.29) is 0 Å². The molecule has 0 aliphatic heterocycles. The molecule has 0 aromatic rings. The summed E-state index contributed by atoms with van der Waals surface area (Å²) in [5, 5.41) is 0. The highest BCUT2D eigenvalue weighted by atomic mass is 16.2. The largest absolute Gasteiger partial charge is 0.369 e. The molecule has 4 N–H and O–H groups in total. The van der Waals surface area contributed by atoms with Gasteiger partial charge in [0.05, 0.1) is 11.3 Å². The molecule has 0 aliphatic carbocycles. The summed E-state index contributed by atoms with van der Waals surface area (Å²) >= 11 is 0. The fraction of sp³-hybridized carbons (Fsp3) is 0.833. The molecule has 0 saturated carbocycles. The SMILES string of the molecule is CCCCCCC(C(N)=O)C(C)(C)C(N)=O. The molecule has 4 heteroatoms. The Hall–Kier alpha value is -1.06. The highest BCUT2D eigenvalue weighted by molar-refractivity contribution is 5.88. The van der Waals surface area contributed by atoms with E-state index in [2.05, 4.69) is 6.92 Å². The van der Waals surface area contributed by atoms with Gasteiger partial charge in [0.15, 0.2) is 0 Å². The quantitative estimate of drug-likeness (QED) is 0.618. The van der Waals surface area contributed by atoms with Crippen LogP contribution in [0, 0.1) is 11.3 Å². The van der Waals surface area contributed by atoms with Crippen LogP contribution in [0.1, 0.15) is 52.9 Å². The summed E-state index contributed by atoms with van der Waals surface area (Å²) in [5.41, 5.74) is 9.77. The molecule has 0 bridgehead atoms. The Bertz CT molecular complexity index is 249. The Kier molecular flexibility index (Phi) is 6.08. The van der Waals surface area contributed by atoms with Gasteiger partial charge in [0, 0.05) is 0 Å². The molecule has 0 radical (unpaired) electrons. The fourth-order valence-corrected chi connectivity index (χ4v) is 1.81. The van der Waals surface area contributed by atoms with Gasteiger partial charge in [-0.15, -0.1) is 0 Å². The summed E-state index contributed by atoms with van der Waals surface area (Å²) < 4.78 is 0. The average molecular weight is 228 g/mol. The molecule has 0 aromatic heterocycles. The molecule has 1 unspecified atom stereocenters. The number of primary amides is 2. The van der Waals surface area contributed by atoms with Gasteiger partial charge in [0.1, 0.15) is 0 Å². The summed E-state index contributed by atoms with van der Waals surface area (Å²) in [4.78, 5) is 22.6. The van der Waals surface area contributed by atoms with Crippen LogP contribution >= 0.6 is 0 Å². The van der Waals surface area contributed by atoms with Crippen molar-refractivity contribution in [1.29, 1.82) is 0 Å². The second-order valence-electron chi connectivity index (χ2n) is 4.89. The second-order valence-corrected chi connectivity index (χ2v) is 4.89. The average Bonchev–Trinajstić information content (AvgIpc) is 2.16. The van der Waals surface area contributed by atoms with E-state index in [1.807, 2.05) is 0 Å². The van der Waals surface area contributed by atoms with Crippen molar-refractivity contribution in [3.8, 4) is 0 Å². The minimum absolute atomic E-state index is 0.430. The van der Waals surface area contributed by atoms with E-state index >= 15 is 0 Å². The summed E-state index contributed by atoms with van der Waals surface area (Å²) in [6.07, 6.45) is 4.90. The van der Waals surface area contributed by atoms with Crippen molar-refractivity contribution in [1.82, 2.24) is 0 Å². The van der Waals surface area contributed by atoms with E-state index < -0.39 is 23.1 Å². The number of hydrogen-bond donors (Lipinski definition) is 2. The second kappa shape index (κ2) is 6.51. The van der Waals surface area contributed by atoms with E-state index in [0.29, 0.717) is 6.42 Å². The van der Waals surface area contributed by atoms with Crippen LogP contribution in [0.5, 0.6) is 0 Å². The van der Waals surface area contributed by atoms with Crippen LogP contribution in [0.3, 0.4) is 0 Å². The van der Waals surface area contributed by atoms with Gasteiger partial charge in [-0.05, 0) is 6.42 Å². The molecule has 1 atom stereocenters. The Balaban J connectivity index is 4.39. The lowest BCUT2D eigenvalue weighted by Crippen LogP contribution is -2.44. The molecule has 16 heavy (non-hydrogen) atoms. The topological polar surface area (TPSA) is 86.2 Å². The lowest BCUT2D eigenvalue weighted by Gasteiger charge is -2.28. The van der Waals surface area contributed by atoms with Crippen LogP contribution in [-0.4, -0.2) is 11.8 Å². The predicted octanol–water partition coefficient (Wildman–Crippen LogP) is 1.57. The number of amides is 2. The standard InChI is InChI=1S/C12H24N2O2/c1-4-5-6-7-8-9(10(13)15)12(2,3)11(14)16/h9H,4-8H2,1-3H3,(H2,13,15)(H2,14,16). The number of nitrogens with two attached hydrogens (primary N) is 2. The van der Waals surface area contributed by atoms with Crippen LogP contribution in [0.4, 0.5) is 0 Å². The van der Waals surface area contributed by atoms with Gasteiger partial charge in [-0.1, -0.05) is 46.5 Å². The van der Waals surface area contributed by atoms with E-state index in [1.54, 1.807) is 13.8 Å². The van der Waals surface area contributed by atoms with Gasteiger partial charge < -0.3 is 11.5 Å². The van der Waals surface area contributed by atoms with Crippen LogP contribution < -0.4 is 11.5 Å². The molecule has 94 valence electrons. The lowest BCUT2D eigenvalue weighted by molar-refractivity contribution is -0.137.